The molecular weight excluding hydrogens is 294 g/mol. The summed E-state index contributed by atoms with van der Waals surface area (Å²) in [4.78, 5) is 22.4. The molecule has 0 saturated heterocycles. The molecule has 0 unspecified atom stereocenters. The van der Waals surface area contributed by atoms with Crippen molar-refractivity contribution in [3.05, 3.63) is 35.9 Å². The zero-order chi connectivity index (χ0) is 16.5. The summed E-state index contributed by atoms with van der Waals surface area (Å²) in [6.07, 6.45) is -5.99. The lowest BCUT2D eigenvalue weighted by atomic mass is 10.0. The lowest BCUT2D eigenvalue weighted by Crippen LogP contribution is -2.53. The molecule has 0 aromatic heterocycles. The van der Waals surface area contributed by atoms with Gasteiger partial charge in [-0.05, 0) is 5.56 Å². The van der Waals surface area contributed by atoms with Crippen LogP contribution in [0, 0.1) is 0 Å². The van der Waals surface area contributed by atoms with E-state index >= 15 is 0 Å². The minimum atomic E-state index is -1.80. The van der Waals surface area contributed by atoms with Crippen molar-refractivity contribution >= 4 is 12.4 Å². The van der Waals surface area contributed by atoms with Gasteiger partial charge in [-0.1, -0.05) is 30.3 Å². The van der Waals surface area contributed by atoms with Crippen LogP contribution in [0.2, 0.25) is 0 Å². The molecule has 5 N–H and O–H groups in total. The van der Waals surface area contributed by atoms with Gasteiger partial charge >= 0.3 is 6.09 Å². The molecule has 1 aromatic carbocycles. The monoisotopic (exact) mass is 313 g/mol. The van der Waals surface area contributed by atoms with E-state index < -0.39 is 37.1 Å². The molecule has 1 rings (SSSR count). The highest BCUT2D eigenvalue weighted by atomic mass is 16.5. The second-order valence-electron chi connectivity index (χ2n) is 4.60. The Kier molecular flexibility index (Phi) is 7.47. The molecule has 8 heteroatoms. The number of hydrogen-bond acceptors (Lipinski definition) is 7. The molecule has 1 aromatic rings. The van der Waals surface area contributed by atoms with Crippen molar-refractivity contribution < 1.29 is 34.8 Å². The number of carbonyl (C=O) groups excluding carboxylic acids is 2. The maximum atomic E-state index is 11.6. The highest BCUT2D eigenvalue weighted by Gasteiger charge is 2.32. The molecule has 0 saturated carbocycles. The van der Waals surface area contributed by atoms with Crippen LogP contribution >= 0.6 is 0 Å². The van der Waals surface area contributed by atoms with Gasteiger partial charge in [-0.3, -0.25) is 0 Å². The van der Waals surface area contributed by atoms with Gasteiger partial charge in [0.15, 0.2) is 0 Å². The van der Waals surface area contributed by atoms with E-state index in [2.05, 4.69) is 5.32 Å². The van der Waals surface area contributed by atoms with E-state index in [1.807, 2.05) is 0 Å². The van der Waals surface area contributed by atoms with Crippen LogP contribution in [0.1, 0.15) is 5.56 Å². The lowest BCUT2D eigenvalue weighted by molar-refractivity contribution is -0.120. The Bertz CT molecular complexity index is 468. The van der Waals surface area contributed by atoms with Gasteiger partial charge in [0.2, 0.25) is 0 Å². The molecule has 0 spiro atoms. The number of aldehydes is 1. The van der Waals surface area contributed by atoms with Gasteiger partial charge in [-0.2, -0.15) is 0 Å². The quantitative estimate of drug-likeness (QED) is 0.371. The van der Waals surface area contributed by atoms with Crippen LogP contribution in [0.4, 0.5) is 4.79 Å². The first-order valence-corrected chi connectivity index (χ1v) is 6.57. The fourth-order valence-electron chi connectivity index (χ4n) is 1.65. The summed E-state index contributed by atoms with van der Waals surface area (Å²) in [5.74, 6) is 0. The Hall–Kier alpha value is -2.00. The van der Waals surface area contributed by atoms with Crippen LogP contribution in [0.15, 0.2) is 30.3 Å². The van der Waals surface area contributed by atoms with Crippen molar-refractivity contribution in [1.29, 1.82) is 0 Å². The van der Waals surface area contributed by atoms with Crippen molar-refractivity contribution in [2.45, 2.75) is 31.0 Å². The number of benzene rings is 1. The second-order valence-corrected chi connectivity index (χ2v) is 4.60. The van der Waals surface area contributed by atoms with E-state index in [4.69, 9.17) is 9.84 Å². The first kappa shape index (κ1) is 18.1. The summed E-state index contributed by atoms with van der Waals surface area (Å²) in [6.45, 7) is -0.835. The Morgan fingerprint density at radius 3 is 2.36 bits per heavy atom. The Morgan fingerprint density at radius 1 is 1.18 bits per heavy atom. The van der Waals surface area contributed by atoms with Crippen LogP contribution in [0.25, 0.3) is 0 Å². The standard InChI is InChI=1S/C14H19NO7/c16-6-10(12(19)13(20)11(18)7-17)15-14(21)22-8-9-4-2-1-3-5-9/h1-6,10-13,17-20H,7-8H2,(H,15,21)/t10-,11-,12+,13-/m1/s1. The molecular formula is C14H19NO7. The molecule has 0 radical (unpaired) electrons. The minimum absolute atomic E-state index is 0.0316. The van der Waals surface area contributed by atoms with Crippen LogP contribution in [0.5, 0.6) is 0 Å². The normalized spacial score (nSPS) is 16.2. The summed E-state index contributed by atoms with van der Waals surface area (Å²) in [5.41, 5.74) is 0.733. The van der Waals surface area contributed by atoms with Crippen LogP contribution in [-0.2, 0) is 16.1 Å². The summed E-state index contributed by atoms with van der Waals surface area (Å²) in [7, 11) is 0. The molecule has 4 atom stereocenters. The van der Waals surface area contributed by atoms with Crippen molar-refractivity contribution in [3.63, 3.8) is 0 Å². The number of carbonyl (C=O) groups is 2. The van der Waals surface area contributed by atoms with E-state index in [-0.39, 0.29) is 12.9 Å². The van der Waals surface area contributed by atoms with E-state index in [0.717, 1.165) is 5.56 Å². The third-order valence-corrected chi connectivity index (χ3v) is 2.94. The van der Waals surface area contributed by atoms with E-state index in [1.165, 1.54) is 0 Å². The zero-order valence-corrected chi connectivity index (χ0v) is 11.7. The molecule has 0 heterocycles. The van der Waals surface area contributed by atoms with Gasteiger partial charge in [0.25, 0.3) is 0 Å². The lowest BCUT2D eigenvalue weighted by Gasteiger charge is -2.25. The average molecular weight is 313 g/mol. The fourth-order valence-corrected chi connectivity index (χ4v) is 1.65. The van der Waals surface area contributed by atoms with Gasteiger partial charge in [-0.15, -0.1) is 0 Å². The number of aliphatic hydroxyl groups excluding tert-OH is 4. The predicted octanol–water partition coefficient (Wildman–Crippen LogP) is -1.44. The molecule has 0 aliphatic heterocycles. The third kappa shape index (κ3) is 5.41. The molecule has 1 amide bonds. The molecule has 0 fully saturated rings. The highest BCUT2D eigenvalue weighted by Crippen LogP contribution is 2.05. The van der Waals surface area contributed by atoms with Crippen molar-refractivity contribution in [1.82, 2.24) is 5.32 Å². The van der Waals surface area contributed by atoms with Gasteiger partial charge in [0, 0.05) is 0 Å². The number of amides is 1. The maximum Gasteiger partial charge on any atom is 0.408 e. The average Bonchev–Trinajstić information content (AvgIpc) is 2.56. The number of alkyl carbamates (subject to hydrolysis) is 1. The number of hydrogen-bond donors (Lipinski definition) is 5. The Balaban J connectivity index is 2.51. The smallest absolute Gasteiger partial charge is 0.408 e. The third-order valence-electron chi connectivity index (χ3n) is 2.94. The predicted molar refractivity (Wildman–Crippen MR) is 74.7 cm³/mol. The molecule has 0 aliphatic carbocycles. The number of rotatable bonds is 8. The second kappa shape index (κ2) is 9.11. The maximum absolute atomic E-state index is 11.6. The zero-order valence-electron chi connectivity index (χ0n) is 11.7. The van der Waals surface area contributed by atoms with E-state index in [9.17, 15) is 24.9 Å². The first-order valence-electron chi connectivity index (χ1n) is 6.57. The first-order chi connectivity index (χ1) is 10.5. The molecule has 22 heavy (non-hydrogen) atoms. The summed E-state index contributed by atoms with van der Waals surface area (Å²) in [5, 5.41) is 39.1. The van der Waals surface area contributed by atoms with Crippen molar-refractivity contribution in [2.75, 3.05) is 6.61 Å². The largest absolute Gasteiger partial charge is 0.445 e. The topological polar surface area (TPSA) is 136 Å². The molecule has 0 bridgehead atoms. The van der Waals surface area contributed by atoms with Gasteiger partial charge in [-0.25, -0.2) is 4.79 Å². The van der Waals surface area contributed by atoms with Crippen LogP contribution in [-0.4, -0.2) is 63.8 Å². The van der Waals surface area contributed by atoms with E-state index in [1.54, 1.807) is 30.3 Å². The van der Waals surface area contributed by atoms with E-state index in [0.29, 0.717) is 0 Å². The van der Waals surface area contributed by atoms with Crippen molar-refractivity contribution in [3.8, 4) is 0 Å². The Labute approximate surface area is 127 Å². The Morgan fingerprint density at radius 2 is 1.82 bits per heavy atom. The summed E-state index contributed by atoms with van der Waals surface area (Å²) in [6, 6.07) is 7.32. The van der Waals surface area contributed by atoms with Gasteiger partial charge in [0.05, 0.1) is 6.61 Å². The van der Waals surface area contributed by atoms with Gasteiger partial charge in [0.1, 0.15) is 37.2 Å². The number of aliphatic hydroxyl groups is 4. The molecule has 122 valence electrons. The fraction of sp³-hybridized carbons (Fsp3) is 0.429. The van der Waals surface area contributed by atoms with Crippen LogP contribution in [0.3, 0.4) is 0 Å². The number of nitrogens with one attached hydrogen (secondary N) is 1. The molecule has 8 nitrogen and oxygen atoms in total. The van der Waals surface area contributed by atoms with Gasteiger partial charge < -0.3 is 35.3 Å². The SMILES string of the molecule is O=C[C@@H](NC(=O)OCc1ccccc1)[C@H](O)[C@H](O)[C@H](O)CO. The van der Waals surface area contributed by atoms with Crippen LogP contribution < -0.4 is 5.32 Å². The summed E-state index contributed by atoms with van der Waals surface area (Å²) >= 11 is 0. The molecule has 0 aliphatic rings. The van der Waals surface area contributed by atoms with Crippen molar-refractivity contribution in [2.24, 2.45) is 0 Å². The highest BCUT2D eigenvalue weighted by molar-refractivity contribution is 5.73. The number of ether oxygens (including phenoxy) is 1. The summed E-state index contributed by atoms with van der Waals surface area (Å²) < 4.78 is 4.86. The minimum Gasteiger partial charge on any atom is -0.445 e.